The highest BCUT2D eigenvalue weighted by molar-refractivity contribution is 7.93. The number of hydrogen-bond donors (Lipinski definition) is 2. The Morgan fingerprint density at radius 3 is 2.53 bits per heavy atom. The third kappa shape index (κ3) is 6.17. The van der Waals surface area contributed by atoms with Crippen molar-refractivity contribution < 1.29 is 17.5 Å². The van der Waals surface area contributed by atoms with Crippen molar-refractivity contribution in [3.8, 4) is 5.75 Å². The van der Waals surface area contributed by atoms with Crippen molar-refractivity contribution in [1.29, 1.82) is 0 Å². The van der Waals surface area contributed by atoms with E-state index >= 15 is 0 Å². The molecule has 1 heterocycles. The molecule has 0 radical (unpaired) electrons. The number of likely N-dealkylation sites (N-methyl/N-ethyl adjacent to an activating group) is 1. The lowest BCUT2D eigenvalue weighted by Gasteiger charge is -2.33. The fourth-order valence-electron chi connectivity index (χ4n) is 4.08. The second-order valence-corrected chi connectivity index (χ2v) is 11.0. The maximum absolute atomic E-state index is 15.0. The first kappa shape index (κ1) is 26.2. The fourth-order valence-corrected chi connectivity index (χ4v) is 6.27. The zero-order valence-electron chi connectivity index (χ0n) is 20.3. The number of nitrogens with one attached hydrogen (secondary N) is 2. The van der Waals surface area contributed by atoms with E-state index < -0.39 is 20.7 Å². The first-order valence-corrected chi connectivity index (χ1v) is 13.8. The molecule has 0 unspecified atom stereocenters. The smallest absolute Gasteiger partial charge is 0.266 e. The van der Waals surface area contributed by atoms with Crippen molar-refractivity contribution in [3.63, 3.8) is 0 Å². The lowest BCUT2D eigenvalue weighted by molar-refractivity contribution is 0.248. The van der Waals surface area contributed by atoms with Crippen molar-refractivity contribution in [3.05, 3.63) is 42.2 Å². The van der Waals surface area contributed by atoms with Gasteiger partial charge in [-0.3, -0.25) is 4.72 Å². The highest BCUT2D eigenvalue weighted by atomic mass is 32.2. The summed E-state index contributed by atoms with van der Waals surface area (Å²) in [6, 6.07) is 9.88. The number of halogens is 1. The predicted octanol–water partition coefficient (Wildman–Crippen LogP) is 5.56. The van der Waals surface area contributed by atoms with Gasteiger partial charge in [0.05, 0.1) is 16.8 Å². The average molecular weight is 509 g/mol. The summed E-state index contributed by atoms with van der Waals surface area (Å²) >= 11 is 1.17. The van der Waals surface area contributed by atoms with Gasteiger partial charge in [-0.15, -0.1) is 0 Å². The standard InChI is InChI=1S/C24H33FN4O3S2/c1-6-9-19(21(7-2)29(4)5)26-16-10-13-23(18(25)14-16)34(30,31)28-24-27-20-12-11-17(32-8-3)15-22(20)33-24/h10-15,19,21,26H,6-9H2,1-5H3,(H,27,28)/t19-,21-/m0/s1. The fraction of sp³-hybridized carbons (Fsp3) is 0.458. The van der Waals surface area contributed by atoms with Gasteiger partial charge < -0.3 is 15.0 Å². The molecule has 10 heteroatoms. The van der Waals surface area contributed by atoms with Gasteiger partial charge in [0.1, 0.15) is 16.5 Å². The number of aromatic nitrogens is 1. The van der Waals surface area contributed by atoms with E-state index in [4.69, 9.17) is 4.74 Å². The van der Waals surface area contributed by atoms with Crippen LogP contribution >= 0.6 is 11.3 Å². The quantitative estimate of drug-likeness (QED) is 0.333. The van der Waals surface area contributed by atoms with E-state index in [1.54, 1.807) is 24.3 Å². The second-order valence-electron chi connectivity index (χ2n) is 8.31. The van der Waals surface area contributed by atoms with Crippen LogP contribution in [0.5, 0.6) is 5.75 Å². The van der Waals surface area contributed by atoms with Gasteiger partial charge in [0.25, 0.3) is 10.0 Å². The summed E-state index contributed by atoms with van der Waals surface area (Å²) in [6.07, 6.45) is 2.84. The van der Waals surface area contributed by atoms with Gasteiger partial charge in [0.2, 0.25) is 0 Å². The average Bonchev–Trinajstić information content (AvgIpc) is 3.15. The lowest BCUT2D eigenvalue weighted by Crippen LogP contribution is -2.43. The van der Waals surface area contributed by atoms with E-state index in [-0.39, 0.29) is 17.2 Å². The number of nitrogens with zero attached hydrogens (tertiary/aromatic N) is 2. The largest absolute Gasteiger partial charge is 0.494 e. The summed E-state index contributed by atoms with van der Waals surface area (Å²) in [5.41, 5.74) is 1.19. The molecule has 2 N–H and O–H groups in total. The molecule has 3 aromatic rings. The normalized spacial score (nSPS) is 13.7. The van der Waals surface area contributed by atoms with E-state index in [1.807, 2.05) is 21.0 Å². The van der Waals surface area contributed by atoms with Crippen molar-refractivity contribution in [1.82, 2.24) is 9.88 Å². The molecular formula is C24H33FN4O3S2. The molecule has 34 heavy (non-hydrogen) atoms. The van der Waals surface area contributed by atoms with Crippen LogP contribution in [0.4, 0.5) is 15.2 Å². The third-order valence-corrected chi connectivity index (χ3v) is 8.05. The van der Waals surface area contributed by atoms with Gasteiger partial charge in [-0.05, 0) is 70.3 Å². The molecule has 2 aromatic carbocycles. The maximum Gasteiger partial charge on any atom is 0.266 e. The van der Waals surface area contributed by atoms with Crippen LogP contribution in [-0.2, 0) is 10.0 Å². The molecule has 0 fully saturated rings. The molecule has 3 rings (SSSR count). The number of anilines is 2. The van der Waals surface area contributed by atoms with Gasteiger partial charge in [-0.25, -0.2) is 17.8 Å². The maximum atomic E-state index is 15.0. The second kappa shape index (κ2) is 11.3. The SMILES string of the molecule is CCC[C@H](Nc1ccc(S(=O)(=O)Nc2nc3ccc(OCC)cc3s2)c(F)c1)[C@H](CC)N(C)C. The molecule has 2 atom stereocenters. The van der Waals surface area contributed by atoms with Crippen molar-refractivity contribution in [2.24, 2.45) is 0 Å². The highest BCUT2D eigenvalue weighted by Gasteiger charge is 2.24. The van der Waals surface area contributed by atoms with Gasteiger partial charge >= 0.3 is 0 Å². The minimum absolute atomic E-state index is 0.120. The van der Waals surface area contributed by atoms with Crippen molar-refractivity contribution in [2.45, 2.75) is 57.0 Å². The summed E-state index contributed by atoms with van der Waals surface area (Å²) in [5, 5.41) is 3.57. The van der Waals surface area contributed by atoms with Crippen LogP contribution in [0.1, 0.15) is 40.0 Å². The van der Waals surface area contributed by atoms with E-state index in [1.165, 1.54) is 23.5 Å². The zero-order valence-corrected chi connectivity index (χ0v) is 21.9. The molecule has 0 spiro atoms. The lowest BCUT2D eigenvalue weighted by atomic mass is 9.99. The Labute approximate surface area is 205 Å². The first-order valence-electron chi connectivity index (χ1n) is 11.5. The molecule has 0 amide bonds. The minimum Gasteiger partial charge on any atom is -0.494 e. The van der Waals surface area contributed by atoms with Gasteiger partial charge in [-0.1, -0.05) is 31.6 Å². The zero-order chi connectivity index (χ0) is 24.9. The number of thiazole rings is 1. The van der Waals surface area contributed by atoms with Crippen molar-refractivity contribution >= 4 is 42.4 Å². The molecular weight excluding hydrogens is 475 g/mol. The predicted molar refractivity (Wildman–Crippen MR) is 138 cm³/mol. The van der Waals surface area contributed by atoms with Gasteiger partial charge in [-0.2, -0.15) is 0 Å². The van der Waals surface area contributed by atoms with Crippen LogP contribution in [0.2, 0.25) is 0 Å². The van der Waals surface area contributed by atoms with Gasteiger partial charge in [0, 0.05) is 17.8 Å². The van der Waals surface area contributed by atoms with E-state index in [0.29, 0.717) is 23.6 Å². The monoisotopic (exact) mass is 508 g/mol. The number of rotatable bonds is 12. The number of hydrogen-bond acceptors (Lipinski definition) is 7. The Bertz CT molecular complexity index is 1210. The summed E-state index contributed by atoms with van der Waals surface area (Å²) in [6.45, 7) is 6.65. The van der Waals surface area contributed by atoms with Crippen LogP contribution in [0.15, 0.2) is 41.3 Å². The van der Waals surface area contributed by atoms with Crippen LogP contribution in [0, 0.1) is 5.82 Å². The summed E-state index contributed by atoms with van der Waals surface area (Å²) < 4.78 is 49.5. The summed E-state index contributed by atoms with van der Waals surface area (Å²) in [5.74, 6) is -0.131. The Hall–Kier alpha value is -2.43. The molecule has 0 saturated heterocycles. The topological polar surface area (TPSA) is 83.6 Å². The van der Waals surface area contributed by atoms with Crippen molar-refractivity contribution in [2.75, 3.05) is 30.7 Å². The molecule has 7 nitrogen and oxygen atoms in total. The van der Waals surface area contributed by atoms with Crippen LogP contribution in [0.25, 0.3) is 10.2 Å². The summed E-state index contributed by atoms with van der Waals surface area (Å²) in [4.78, 5) is 6.05. The van der Waals surface area contributed by atoms with E-state index in [0.717, 1.165) is 24.0 Å². The molecule has 0 saturated carbocycles. The molecule has 0 aliphatic heterocycles. The van der Waals surface area contributed by atoms with E-state index in [9.17, 15) is 12.8 Å². The molecule has 186 valence electrons. The van der Waals surface area contributed by atoms with Crippen LogP contribution in [-0.4, -0.2) is 51.1 Å². The first-order chi connectivity index (χ1) is 16.2. The Balaban J connectivity index is 1.80. The highest BCUT2D eigenvalue weighted by Crippen LogP contribution is 2.31. The minimum atomic E-state index is -4.15. The molecule has 0 aliphatic carbocycles. The number of fused-ring (bicyclic) bond motifs is 1. The Morgan fingerprint density at radius 2 is 1.91 bits per heavy atom. The number of ether oxygens (including phenoxy) is 1. The van der Waals surface area contributed by atoms with Crippen LogP contribution < -0.4 is 14.8 Å². The molecule has 0 aliphatic rings. The summed E-state index contributed by atoms with van der Waals surface area (Å²) in [7, 11) is -0.0904. The Kier molecular flexibility index (Phi) is 8.72. The van der Waals surface area contributed by atoms with Gasteiger partial charge in [0.15, 0.2) is 5.13 Å². The Morgan fingerprint density at radius 1 is 1.15 bits per heavy atom. The van der Waals surface area contributed by atoms with E-state index in [2.05, 4.69) is 33.8 Å². The number of benzene rings is 2. The molecule has 1 aromatic heterocycles. The molecule has 0 bridgehead atoms. The number of sulfonamides is 1. The van der Waals surface area contributed by atoms with Crippen LogP contribution in [0.3, 0.4) is 0 Å². The third-order valence-electron chi connectivity index (χ3n) is 5.61.